The lowest BCUT2D eigenvalue weighted by Gasteiger charge is -2.34. The van der Waals surface area contributed by atoms with Gasteiger partial charge in [0.15, 0.2) is 5.82 Å². The molecular weight excluding hydrogens is 334 g/mol. The van der Waals surface area contributed by atoms with Crippen LogP contribution >= 0.6 is 0 Å². The third-order valence-corrected chi connectivity index (χ3v) is 5.88. The number of carbonyl (C=O) groups is 1. The minimum atomic E-state index is -3.41. The van der Waals surface area contributed by atoms with Crippen LogP contribution in [0, 0.1) is 0 Å². The number of H-pyrrole nitrogens is 1. The first-order chi connectivity index (χ1) is 11.5. The Labute approximate surface area is 139 Å². The fourth-order valence-corrected chi connectivity index (χ4v) is 4.01. The lowest BCUT2D eigenvalue weighted by Crippen LogP contribution is -2.50. The summed E-state index contributed by atoms with van der Waals surface area (Å²) in [7, 11) is -1.92. The summed E-state index contributed by atoms with van der Waals surface area (Å²) in [5.41, 5.74) is 0.717. The molecule has 130 valence electrons. The van der Waals surface area contributed by atoms with Gasteiger partial charge >= 0.3 is 5.65 Å². The number of fused-ring (bicyclic) bond motifs is 1. The highest BCUT2D eigenvalue weighted by molar-refractivity contribution is 7.89. The minimum absolute atomic E-state index is 0.0194. The van der Waals surface area contributed by atoms with Crippen molar-refractivity contribution in [2.24, 2.45) is 0 Å². The molecule has 0 radical (unpaired) electrons. The topological polar surface area (TPSA) is 115 Å². The summed E-state index contributed by atoms with van der Waals surface area (Å²) < 4.78 is 27.7. The largest absolute Gasteiger partial charge is 0.359 e. The van der Waals surface area contributed by atoms with E-state index in [2.05, 4.69) is 20.6 Å². The van der Waals surface area contributed by atoms with E-state index in [1.165, 1.54) is 11.4 Å². The van der Waals surface area contributed by atoms with Crippen LogP contribution in [0.3, 0.4) is 0 Å². The van der Waals surface area contributed by atoms with Crippen molar-refractivity contribution in [3.8, 4) is 0 Å². The summed E-state index contributed by atoms with van der Waals surface area (Å²) in [4.78, 5) is 13.3. The first kappa shape index (κ1) is 16.6. The molecule has 24 heavy (non-hydrogen) atoms. The van der Waals surface area contributed by atoms with Gasteiger partial charge in [0.1, 0.15) is 0 Å². The number of carbonyl (C=O) groups excluding carboxylic acids is 1. The smallest absolute Gasteiger partial charge is 0.325 e. The molecule has 11 heteroatoms. The van der Waals surface area contributed by atoms with E-state index in [1.54, 1.807) is 10.8 Å². The van der Waals surface area contributed by atoms with Gasteiger partial charge in [0.05, 0.1) is 5.75 Å². The van der Waals surface area contributed by atoms with E-state index in [4.69, 9.17) is 0 Å². The predicted molar refractivity (Wildman–Crippen MR) is 85.8 cm³/mol. The average molecular weight is 354 g/mol. The van der Waals surface area contributed by atoms with Gasteiger partial charge in [0.2, 0.25) is 22.3 Å². The Kier molecular flexibility index (Phi) is 4.62. The van der Waals surface area contributed by atoms with E-state index in [0.29, 0.717) is 31.8 Å². The normalized spacial score (nSPS) is 16.5. The molecule has 0 bridgehead atoms. The van der Waals surface area contributed by atoms with Crippen LogP contribution < -0.4 is 14.7 Å². The lowest BCUT2D eigenvalue weighted by atomic mass is 10.3. The van der Waals surface area contributed by atoms with Crippen molar-refractivity contribution in [3.63, 3.8) is 0 Å². The number of aromatic amines is 1. The molecule has 10 nitrogen and oxygen atoms in total. The van der Waals surface area contributed by atoms with Gasteiger partial charge in [-0.3, -0.25) is 4.79 Å². The minimum Gasteiger partial charge on any atom is -0.359 e. The number of nitrogens with one attached hydrogen (secondary N) is 2. The zero-order valence-corrected chi connectivity index (χ0v) is 14.2. The number of piperazine rings is 1. The highest BCUT2D eigenvalue weighted by Gasteiger charge is 2.28. The summed E-state index contributed by atoms with van der Waals surface area (Å²) >= 11 is 0. The maximum atomic E-state index is 12.3. The van der Waals surface area contributed by atoms with Crippen molar-refractivity contribution in [2.75, 3.05) is 43.9 Å². The summed E-state index contributed by atoms with van der Waals surface area (Å²) in [5.74, 6) is 0.338. The van der Waals surface area contributed by atoms with Crippen LogP contribution in [-0.2, 0) is 14.8 Å². The van der Waals surface area contributed by atoms with Crippen LogP contribution in [0.5, 0.6) is 0 Å². The van der Waals surface area contributed by atoms with Crippen LogP contribution in [0.2, 0.25) is 0 Å². The molecule has 0 saturated carbocycles. The molecule has 1 aliphatic heterocycles. The Balaban J connectivity index is 1.61. The molecule has 2 aromatic rings. The number of nitrogens with zero attached hydrogens (tertiary/aromatic N) is 5. The molecule has 0 aliphatic carbocycles. The van der Waals surface area contributed by atoms with Crippen molar-refractivity contribution in [3.05, 3.63) is 18.5 Å². The molecule has 1 amide bonds. The van der Waals surface area contributed by atoms with Crippen molar-refractivity contribution >= 4 is 27.4 Å². The van der Waals surface area contributed by atoms with Gasteiger partial charge in [-0.25, -0.2) is 8.42 Å². The molecule has 1 fully saturated rings. The third kappa shape index (κ3) is 3.46. The van der Waals surface area contributed by atoms with E-state index < -0.39 is 10.0 Å². The van der Waals surface area contributed by atoms with Gasteiger partial charge in [-0.2, -0.15) is 4.31 Å². The maximum absolute atomic E-state index is 12.3. The fraction of sp³-hybridized carbons (Fsp3) is 0.538. The van der Waals surface area contributed by atoms with Gasteiger partial charge < -0.3 is 10.2 Å². The molecule has 1 saturated heterocycles. The number of rotatable bonds is 5. The van der Waals surface area contributed by atoms with Crippen LogP contribution in [-0.4, -0.2) is 72.9 Å². The molecule has 2 N–H and O–H groups in total. The Morgan fingerprint density at radius 2 is 2.08 bits per heavy atom. The Morgan fingerprint density at radius 3 is 2.79 bits per heavy atom. The molecule has 3 rings (SSSR count). The van der Waals surface area contributed by atoms with Crippen molar-refractivity contribution in [1.29, 1.82) is 0 Å². The number of amides is 1. The maximum Gasteiger partial charge on any atom is 0.325 e. The highest BCUT2D eigenvalue weighted by Crippen LogP contribution is 2.15. The van der Waals surface area contributed by atoms with Crippen molar-refractivity contribution in [1.82, 2.24) is 24.9 Å². The van der Waals surface area contributed by atoms with Crippen LogP contribution in [0.15, 0.2) is 18.5 Å². The first-order valence-corrected chi connectivity index (χ1v) is 9.26. The Bertz CT molecular complexity index is 827. The molecule has 2 aromatic heterocycles. The predicted octanol–water partition coefficient (Wildman–Crippen LogP) is -1.87. The third-order valence-electron chi connectivity index (χ3n) is 4.01. The highest BCUT2D eigenvalue weighted by atomic mass is 32.2. The van der Waals surface area contributed by atoms with E-state index in [9.17, 15) is 13.2 Å². The second-order valence-electron chi connectivity index (χ2n) is 5.49. The van der Waals surface area contributed by atoms with Crippen LogP contribution in [0.4, 0.5) is 5.82 Å². The molecule has 0 aromatic carbocycles. The molecule has 0 spiro atoms. The summed E-state index contributed by atoms with van der Waals surface area (Å²) in [6, 6.07) is 3.72. The van der Waals surface area contributed by atoms with Crippen molar-refractivity contribution < 1.29 is 17.7 Å². The zero-order chi connectivity index (χ0) is 17.2. The standard InChI is InChI=1S/C13H19N7O3S/c1-14-13(21)4-9-24(22,23)19-7-5-18(6-8-19)12-3-2-11-16-15-10-20(11)17-12/h2-3,10H,4-9H2,1H3,(H,14,21)/p+1. The number of hydrogen-bond acceptors (Lipinski definition) is 6. The lowest BCUT2D eigenvalue weighted by molar-refractivity contribution is -0.579. The summed E-state index contributed by atoms with van der Waals surface area (Å²) in [6.45, 7) is 1.87. The molecule has 1 aliphatic rings. The van der Waals surface area contributed by atoms with Crippen molar-refractivity contribution in [2.45, 2.75) is 6.42 Å². The molecular formula is C13H20N7O3S+. The number of anilines is 1. The monoisotopic (exact) mass is 354 g/mol. The zero-order valence-electron chi connectivity index (χ0n) is 13.3. The molecule has 0 unspecified atom stereocenters. The van der Waals surface area contributed by atoms with Gasteiger partial charge in [0, 0.05) is 50.8 Å². The number of hydrogen-bond donors (Lipinski definition) is 2. The fourth-order valence-electron chi connectivity index (χ4n) is 2.59. The summed E-state index contributed by atoms with van der Waals surface area (Å²) in [6.07, 6.45) is 1.63. The summed E-state index contributed by atoms with van der Waals surface area (Å²) in [5, 5.41) is 13.6. The molecule has 0 atom stereocenters. The number of aromatic nitrogens is 4. The van der Waals surface area contributed by atoms with E-state index in [1.807, 2.05) is 17.0 Å². The van der Waals surface area contributed by atoms with Gasteiger partial charge in [0.25, 0.3) is 0 Å². The quantitative estimate of drug-likeness (QED) is 0.608. The first-order valence-electron chi connectivity index (χ1n) is 7.65. The Hall–Kier alpha value is -2.27. The van der Waals surface area contributed by atoms with Gasteiger partial charge in [-0.15, -0.1) is 9.61 Å². The Morgan fingerprint density at radius 1 is 1.33 bits per heavy atom. The second kappa shape index (κ2) is 6.69. The van der Waals surface area contributed by atoms with Crippen LogP contribution in [0.1, 0.15) is 6.42 Å². The van der Waals surface area contributed by atoms with Gasteiger partial charge in [-0.1, -0.05) is 5.10 Å². The van der Waals surface area contributed by atoms with E-state index in [0.717, 1.165) is 5.82 Å². The average Bonchev–Trinajstić information content (AvgIpc) is 3.07. The molecule has 3 heterocycles. The van der Waals surface area contributed by atoms with Crippen LogP contribution in [0.25, 0.3) is 5.65 Å². The number of sulfonamides is 1. The second-order valence-corrected chi connectivity index (χ2v) is 7.58. The van der Waals surface area contributed by atoms with E-state index in [-0.39, 0.29) is 18.1 Å². The SMILES string of the molecule is CNC(=O)CCS(=O)(=O)N1CCN(c2ccc3n[nH]c[n+]3n2)CC1. The van der Waals surface area contributed by atoms with E-state index >= 15 is 0 Å². The van der Waals surface area contributed by atoms with Gasteiger partial charge in [-0.05, 0) is 6.07 Å².